The van der Waals surface area contributed by atoms with Crippen molar-refractivity contribution in [3.63, 3.8) is 0 Å². The summed E-state index contributed by atoms with van der Waals surface area (Å²) in [4.78, 5) is 5.74. The number of hydrogen-bond acceptors (Lipinski definition) is 3. The average Bonchev–Trinajstić information content (AvgIpc) is 2.31. The van der Waals surface area contributed by atoms with E-state index < -0.39 is 0 Å². The topological polar surface area (TPSA) is 38.9 Å². The Bertz CT molecular complexity index is 259. The lowest BCUT2D eigenvalue weighted by atomic mass is 10.1. The first kappa shape index (κ1) is 10.7. The minimum atomic E-state index is 0.123. The van der Waals surface area contributed by atoms with Gasteiger partial charge in [0.05, 0.1) is 11.7 Å². The Morgan fingerprint density at radius 2 is 2.00 bits per heavy atom. The van der Waals surface area contributed by atoms with E-state index in [1.165, 1.54) is 4.88 Å². The van der Waals surface area contributed by atoms with Crippen molar-refractivity contribution in [2.24, 2.45) is 11.7 Å². The molecule has 2 N–H and O–H groups in total. The van der Waals surface area contributed by atoms with Crippen LogP contribution in [-0.4, -0.2) is 4.98 Å². The molecule has 0 fully saturated rings. The second-order valence-corrected chi connectivity index (χ2v) is 5.16. The largest absolute Gasteiger partial charge is 0.322 e. The first-order chi connectivity index (χ1) is 6.00. The van der Waals surface area contributed by atoms with Crippen LogP contribution in [0.15, 0.2) is 0 Å². The van der Waals surface area contributed by atoms with Crippen LogP contribution < -0.4 is 5.73 Å². The van der Waals surface area contributed by atoms with Gasteiger partial charge in [-0.15, -0.1) is 11.3 Å². The summed E-state index contributed by atoms with van der Waals surface area (Å²) >= 11 is 1.73. The van der Waals surface area contributed by atoms with E-state index >= 15 is 0 Å². The van der Waals surface area contributed by atoms with Crippen LogP contribution in [0.5, 0.6) is 0 Å². The third-order valence-electron chi connectivity index (χ3n) is 2.09. The van der Waals surface area contributed by atoms with E-state index in [-0.39, 0.29) is 6.04 Å². The number of aryl methyl sites for hydroxylation is 2. The van der Waals surface area contributed by atoms with Crippen LogP contribution in [-0.2, 0) is 0 Å². The molecule has 0 aliphatic rings. The van der Waals surface area contributed by atoms with Gasteiger partial charge >= 0.3 is 0 Å². The number of hydrogen-bond donors (Lipinski definition) is 1. The first-order valence-corrected chi connectivity index (χ1v) is 5.52. The molecule has 1 aromatic heterocycles. The molecule has 0 unspecified atom stereocenters. The van der Waals surface area contributed by atoms with Gasteiger partial charge in [-0.1, -0.05) is 13.8 Å². The maximum atomic E-state index is 6.03. The fourth-order valence-electron chi connectivity index (χ4n) is 1.26. The van der Waals surface area contributed by atoms with Crippen molar-refractivity contribution < 1.29 is 0 Å². The molecule has 0 amide bonds. The van der Waals surface area contributed by atoms with Gasteiger partial charge < -0.3 is 5.73 Å². The first-order valence-electron chi connectivity index (χ1n) is 4.70. The van der Waals surface area contributed by atoms with Crippen molar-refractivity contribution in [3.8, 4) is 0 Å². The van der Waals surface area contributed by atoms with Gasteiger partial charge in [0.25, 0.3) is 0 Å². The van der Waals surface area contributed by atoms with E-state index in [4.69, 9.17) is 5.73 Å². The van der Waals surface area contributed by atoms with Crippen molar-refractivity contribution in [2.75, 3.05) is 0 Å². The smallest absolute Gasteiger partial charge is 0.110 e. The van der Waals surface area contributed by atoms with Gasteiger partial charge in [0, 0.05) is 4.88 Å². The summed E-state index contributed by atoms with van der Waals surface area (Å²) in [5, 5.41) is 1.09. The summed E-state index contributed by atoms with van der Waals surface area (Å²) in [5.41, 5.74) is 7.15. The van der Waals surface area contributed by atoms with Crippen LogP contribution in [0.4, 0.5) is 0 Å². The number of nitrogens with two attached hydrogens (primary N) is 1. The van der Waals surface area contributed by atoms with E-state index in [0.717, 1.165) is 17.1 Å². The number of rotatable bonds is 3. The van der Waals surface area contributed by atoms with E-state index in [2.05, 4.69) is 25.8 Å². The second-order valence-electron chi connectivity index (χ2n) is 3.93. The van der Waals surface area contributed by atoms with Gasteiger partial charge in [-0.25, -0.2) is 4.98 Å². The fourth-order valence-corrected chi connectivity index (χ4v) is 2.20. The maximum absolute atomic E-state index is 6.03. The maximum Gasteiger partial charge on any atom is 0.110 e. The van der Waals surface area contributed by atoms with Crippen LogP contribution in [0.2, 0.25) is 0 Å². The van der Waals surface area contributed by atoms with E-state index in [1.807, 2.05) is 6.92 Å². The van der Waals surface area contributed by atoms with E-state index in [0.29, 0.717) is 5.92 Å². The Hall–Kier alpha value is -0.410. The number of thiazole rings is 1. The van der Waals surface area contributed by atoms with Gasteiger partial charge in [0.15, 0.2) is 0 Å². The average molecular weight is 198 g/mol. The van der Waals surface area contributed by atoms with Crippen molar-refractivity contribution >= 4 is 11.3 Å². The fraction of sp³-hybridized carbons (Fsp3) is 0.700. The zero-order valence-corrected chi connectivity index (χ0v) is 9.61. The lowest BCUT2D eigenvalue weighted by Crippen LogP contribution is -2.12. The lowest BCUT2D eigenvalue weighted by molar-refractivity contribution is 0.508. The number of nitrogens with zero attached hydrogens (tertiary/aromatic N) is 1. The normalized spacial score (nSPS) is 13.7. The van der Waals surface area contributed by atoms with E-state index in [1.54, 1.807) is 11.3 Å². The molecule has 0 radical (unpaired) electrons. The Kier molecular flexibility index (Phi) is 3.45. The highest BCUT2D eigenvalue weighted by molar-refractivity contribution is 7.11. The summed E-state index contributed by atoms with van der Waals surface area (Å²) in [7, 11) is 0. The van der Waals surface area contributed by atoms with Gasteiger partial charge in [-0.2, -0.15) is 0 Å². The molecule has 1 heterocycles. The third kappa shape index (κ3) is 2.78. The molecule has 13 heavy (non-hydrogen) atoms. The summed E-state index contributed by atoms with van der Waals surface area (Å²) in [6.45, 7) is 8.51. The second kappa shape index (κ2) is 4.20. The Morgan fingerprint density at radius 1 is 1.38 bits per heavy atom. The Labute approximate surface area is 84.2 Å². The molecular weight excluding hydrogens is 180 g/mol. The van der Waals surface area contributed by atoms with Crippen LogP contribution in [0, 0.1) is 19.8 Å². The standard InChI is InChI=1S/C10H18N2S/c1-6(2)5-9(11)10-12-7(3)8(4)13-10/h6,9H,5,11H2,1-4H3/t9-/m1/s1. The molecule has 0 saturated carbocycles. The summed E-state index contributed by atoms with van der Waals surface area (Å²) in [5.74, 6) is 0.638. The predicted octanol–water partition coefficient (Wildman–Crippen LogP) is 2.81. The molecule has 74 valence electrons. The SMILES string of the molecule is Cc1nc([C@H](N)CC(C)C)sc1C. The molecule has 0 saturated heterocycles. The minimum absolute atomic E-state index is 0.123. The van der Waals surface area contributed by atoms with Crippen LogP contribution in [0.25, 0.3) is 0 Å². The zero-order chi connectivity index (χ0) is 10.0. The molecule has 0 aliphatic heterocycles. The molecule has 1 atom stereocenters. The molecule has 0 spiro atoms. The summed E-state index contributed by atoms with van der Waals surface area (Å²) in [6.07, 6.45) is 1.02. The predicted molar refractivity (Wildman–Crippen MR) is 58.0 cm³/mol. The van der Waals surface area contributed by atoms with Crippen LogP contribution in [0.1, 0.15) is 41.9 Å². The van der Waals surface area contributed by atoms with Crippen molar-refractivity contribution in [2.45, 2.75) is 40.2 Å². The van der Waals surface area contributed by atoms with Gasteiger partial charge in [0.1, 0.15) is 5.01 Å². The van der Waals surface area contributed by atoms with Crippen molar-refractivity contribution in [3.05, 3.63) is 15.6 Å². The highest BCUT2D eigenvalue weighted by atomic mass is 32.1. The third-order valence-corrected chi connectivity index (χ3v) is 3.29. The quantitative estimate of drug-likeness (QED) is 0.811. The molecular formula is C10H18N2S. The highest BCUT2D eigenvalue weighted by Crippen LogP contribution is 2.25. The molecule has 1 rings (SSSR count). The summed E-state index contributed by atoms with van der Waals surface area (Å²) in [6, 6.07) is 0.123. The van der Waals surface area contributed by atoms with Crippen LogP contribution >= 0.6 is 11.3 Å². The molecule has 0 aliphatic carbocycles. The summed E-state index contributed by atoms with van der Waals surface area (Å²) < 4.78 is 0. The molecule has 0 aromatic carbocycles. The van der Waals surface area contributed by atoms with Crippen molar-refractivity contribution in [1.29, 1.82) is 0 Å². The molecule has 1 aromatic rings. The Morgan fingerprint density at radius 3 is 2.38 bits per heavy atom. The zero-order valence-electron chi connectivity index (χ0n) is 8.79. The van der Waals surface area contributed by atoms with Gasteiger partial charge in [0.2, 0.25) is 0 Å². The molecule has 0 bridgehead atoms. The molecule has 3 heteroatoms. The van der Waals surface area contributed by atoms with Crippen molar-refractivity contribution in [1.82, 2.24) is 4.98 Å². The van der Waals surface area contributed by atoms with Gasteiger partial charge in [-0.3, -0.25) is 0 Å². The minimum Gasteiger partial charge on any atom is -0.322 e. The monoisotopic (exact) mass is 198 g/mol. The van der Waals surface area contributed by atoms with E-state index in [9.17, 15) is 0 Å². The van der Waals surface area contributed by atoms with Crippen LogP contribution in [0.3, 0.4) is 0 Å². The van der Waals surface area contributed by atoms with Gasteiger partial charge in [-0.05, 0) is 26.2 Å². The lowest BCUT2D eigenvalue weighted by Gasteiger charge is -2.10. The number of aromatic nitrogens is 1. The highest BCUT2D eigenvalue weighted by Gasteiger charge is 2.13. The Balaban J connectivity index is 2.71. The molecule has 2 nitrogen and oxygen atoms in total.